The van der Waals surface area contributed by atoms with Gasteiger partial charge >= 0.3 is 0 Å². The standard InChI is InChI=1S/C28H32N2OS/c1-31-25-14-12-22(13-15-25)16-19-29-18-6-8-24(29)17-20-30-26-9-3-2-7-23(26)21-32-28-11-5-4-10-27(28)30/h2-5,7,9-15,24H,6,8,16-21H2,1H3. The van der Waals surface area contributed by atoms with Crippen molar-refractivity contribution in [3.63, 3.8) is 0 Å². The van der Waals surface area contributed by atoms with Crippen LogP contribution in [0.25, 0.3) is 0 Å². The zero-order chi connectivity index (χ0) is 21.8. The lowest BCUT2D eigenvalue weighted by molar-refractivity contribution is 0.248. The van der Waals surface area contributed by atoms with Gasteiger partial charge in [0.05, 0.1) is 12.8 Å². The first-order chi connectivity index (χ1) is 15.8. The predicted octanol–water partition coefficient (Wildman–Crippen LogP) is 6.54. The Morgan fingerprint density at radius 2 is 1.69 bits per heavy atom. The summed E-state index contributed by atoms with van der Waals surface area (Å²) in [5.74, 6) is 1.98. The molecule has 0 radical (unpaired) electrons. The molecule has 0 aliphatic carbocycles. The van der Waals surface area contributed by atoms with Crippen molar-refractivity contribution >= 4 is 23.1 Å². The monoisotopic (exact) mass is 444 g/mol. The van der Waals surface area contributed by atoms with Crippen molar-refractivity contribution in [1.29, 1.82) is 0 Å². The third-order valence-electron chi connectivity index (χ3n) is 6.85. The Morgan fingerprint density at radius 1 is 0.906 bits per heavy atom. The third kappa shape index (κ3) is 4.67. The normalized spacial score (nSPS) is 18.2. The zero-order valence-corrected chi connectivity index (χ0v) is 19.7. The largest absolute Gasteiger partial charge is 0.497 e. The number of benzene rings is 3. The molecule has 0 saturated carbocycles. The molecule has 5 rings (SSSR count). The van der Waals surface area contributed by atoms with E-state index in [-0.39, 0.29) is 0 Å². The number of anilines is 2. The van der Waals surface area contributed by atoms with Crippen LogP contribution in [0, 0.1) is 0 Å². The molecule has 1 fully saturated rings. The molecule has 1 saturated heterocycles. The van der Waals surface area contributed by atoms with Crippen LogP contribution in [0.15, 0.2) is 77.7 Å². The summed E-state index contributed by atoms with van der Waals surface area (Å²) in [7, 11) is 1.73. The minimum absolute atomic E-state index is 0.670. The van der Waals surface area contributed by atoms with E-state index < -0.39 is 0 Å². The molecular weight excluding hydrogens is 412 g/mol. The average molecular weight is 445 g/mol. The molecule has 3 nitrogen and oxygen atoms in total. The molecule has 0 amide bonds. The van der Waals surface area contributed by atoms with Gasteiger partial charge in [0.15, 0.2) is 0 Å². The summed E-state index contributed by atoms with van der Waals surface area (Å²) in [4.78, 5) is 6.69. The van der Waals surface area contributed by atoms with Crippen LogP contribution in [0.2, 0.25) is 0 Å². The van der Waals surface area contributed by atoms with E-state index >= 15 is 0 Å². The predicted molar refractivity (Wildman–Crippen MR) is 135 cm³/mol. The van der Waals surface area contributed by atoms with Crippen LogP contribution in [0.1, 0.15) is 30.4 Å². The number of hydrogen-bond donors (Lipinski definition) is 0. The van der Waals surface area contributed by atoms with Crippen LogP contribution >= 0.6 is 11.8 Å². The van der Waals surface area contributed by atoms with E-state index in [2.05, 4.69) is 82.6 Å². The topological polar surface area (TPSA) is 15.7 Å². The van der Waals surface area contributed by atoms with E-state index in [1.165, 1.54) is 53.2 Å². The maximum atomic E-state index is 5.30. The Morgan fingerprint density at radius 3 is 2.53 bits per heavy atom. The van der Waals surface area contributed by atoms with Gasteiger partial charge in [0, 0.05) is 35.5 Å². The average Bonchev–Trinajstić information content (AvgIpc) is 3.23. The number of nitrogens with zero attached hydrogens (tertiary/aromatic N) is 2. The lowest BCUT2D eigenvalue weighted by Crippen LogP contribution is -2.34. The van der Waals surface area contributed by atoms with E-state index in [0.29, 0.717) is 6.04 Å². The molecule has 3 aromatic rings. The van der Waals surface area contributed by atoms with E-state index in [9.17, 15) is 0 Å². The lowest BCUT2D eigenvalue weighted by atomic mass is 10.1. The smallest absolute Gasteiger partial charge is 0.118 e. The molecule has 4 heteroatoms. The summed E-state index contributed by atoms with van der Waals surface area (Å²) in [5.41, 5.74) is 5.58. The molecule has 32 heavy (non-hydrogen) atoms. The highest BCUT2D eigenvalue weighted by molar-refractivity contribution is 7.98. The van der Waals surface area contributed by atoms with Crippen molar-refractivity contribution in [3.05, 3.63) is 83.9 Å². The van der Waals surface area contributed by atoms with E-state index in [1.54, 1.807) is 7.11 Å². The van der Waals surface area contributed by atoms with Crippen molar-refractivity contribution in [2.45, 2.75) is 42.4 Å². The molecule has 0 spiro atoms. The highest BCUT2D eigenvalue weighted by atomic mass is 32.2. The molecule has 0 N–H and O–H groups in total. The summed E-state index contributed by atoms with van der Waals surface area (Å²) >= 11 is 1.96. The van der Waals surface area contributed by atoms with Gasteiger partial charge in [-0.05, 0) is 73.7 Å². The molecular formula is C28H32N2OS. The molecule has 2 aliphatic heterocycles. The molecule has 2 aliphatic rings. The summed E-state index contributed by atoms with van der Waals surface area (Å²) in [6.07, 6.45) is 4.94. The first-order valence-electron chi connectivity index (χ1n) is 11.8. The van der Waals surface area contributed by atoms with Crippen LogP contribution in [0.4, 0.5) is 11.4 Å². The number of fused-ring (bicyclic) bond motifs is 2. The molecule has 0 aromatic heterocycles. The molecule has 2 heterocycles. The SMILES string of the molecule is COc1ccc(CCN2CCCC2CCN2c3ccccc3CSc3ccccc32)cc1. The van der Waals surface area contributed by atoms with Crippen molar-refractivity contribution in [1.82, 2.24) is 4.90 Å². The second-order valence-electron chi connectivity index (χ2n) is 8.76. The van der Waals surface area contributed by atoms with Gasteiger partial charge in [-0.15, -0.1) is 11.8 Å². The van der Waals surface area contributed by atoms with Gasteiger partial charge in [-0.1, -0.05) is 42.5 Å². The Kier molecular flexibility index (Phi) is 6.70. The quantitative estimate of drug-likeness (QED) is 0.411. The van der Waals surface area contributed by atoms with Crippen LogP contribution in [0.3, 0.4) is 0 Å². The van der Waals surface area contributed by atoms with Crippen LogP contribution < -0.4 is 9.64 Å². The van der Waals surface area contributed by atoms with E-state index in [4.69, 9.17) is 4.74 Å². The van der Waals surface area contributed by atoms with Crippen LogP contribution in [0.5, 0.6) is 5.75 Å². The van der Waals surface area contributed by atoms with Crippen LogP contribution in [-0.4, -0.2) is 37.7 Å². The Balaban J connectivity index is 1.27. The van der Waals surface area contributed by atoms with Gasteiger partial charge in [-0.3, -0.25) is 4.90 Å². The molecule has 3 aromatic carbocycles. The second-order valence-corrected chi connectivity index (χ2v) is 9.77. The van der Waals surface area contributed by atoms with Gasteiger partial charge in [0.25, 0.3) is 0 Å². The summed E-state index contributed by atoms with van der Waals surface area (Å²) < 4.78 is 5.30. The minimum Gasteiger partial charge on any atom is -0.497 e. The van der Waals surface area contributed by atoms with Gasteiger partial charge in [0.2, 0.25) is 0 Å². The lowest BCUT2D eigenvalue weighted by Gasteiger charge is -2.30. The third-order valence-corrected chi connectivity index (χ3v) is 7.96. The Labute approximate surface area is 196 Å². The Bertz CT molecular complexity index is 988. The van der Waals surface area contributed by atoms with Gasteiger partial charge < -0.3 is 9.64 Å². The number of methoxy groups -OCH3 is 1. The minimum atomic E-state index is 0.670. The fourth-order valence-corrected chi connectivity index (χ4v) is 6.14. The van der Waals surface area contributed by atoms with Crippen LogP contribution in [-0.2, 0) is 12.2 Å². The fraction of sp³-hybridized carbons (Fsp3) is 0.357. The molecule has 0 bridgehead atoms. The summed E-state index contributed by atoms with van der Waals surface area (Å²) in [6, 6.07) is 27.1. The first-order valence-corrected chi connectivity index (χ1v) is 12.7. The van der Waals surface area contributed by atoms with Crippen molar-refractivity contribution < 1.29 is 4.74 Å². The number of rotatable bonds is 7. The van der Waals surface area contributed by atoms with Gasteiger partial charge in [-0.25, -0.2) is 0 Å². The van der Waals surface area contributed by atoms with Crippen molar-refractivity contribution in [2.24, 2.45) is 0 Å². The van der Waals surface area contributed by atoms with Crippen molar-refractivity contribution in [2.75, 3.05) is 31.6 Å². The van der Waals surface area contributed by atoms with Gasteiger partial charge in [0.1, 0.15) is 5.75 Å². The van der Waals surface area contributed by atoms with Gasteiger partial charge in [-0.2, -0.15) is 0 Å². The van der Waals surface area contributed by atoms with Crippen molar-refractivity contribution in [3.8, 4) is 5.75 Å². The number of ether oxygens (including phenoxy) is 1. The maximum absolute atomic E-state index is 5.30. The van der Waals surface area contributed by atoms with E-state index in [1.807, 2.05) is 11.8 Å². The summed E-state index contributed by atoms with van der Waals surface area (Å²) in [5, 5.41) is 0. The summed E-state index contributed by atoms with van der Waals surface area (Å²) in [6.45, 7) is 3.43. The fourth-order valence-electron chi connectivity index (χ4n) is 5.08. The molecule has 1 atom stereocenters. The highest BCUT2D eigenvalue weighted by Gasteiger charge is 2.26. The number of thioether (sulfide) groups is 1. The maximum Gasteiger partial charge on any atom is 0.118 e. The molecule has 1 unspecified atom stereocenters. The zero-order valence-electron chi connectivity index (χ0n) is 18.9. The second kappa shape index (κ2) is 10.0. The highest BCUT2D eigenvalue weighted by Crippen LogP contribution is 2.42. The number of para-hydroxylation sites is 2. The Hall–Kier alpha value is -2.43. The number of likely N-dealkylation sites (tertiary alicyclic amines) is 1. The van der Waals surface area contributed by atoms with E-state index in [0.717, 1.165) is 31.0 Å². The first kappa shape index (κ1) is 21.4. The number of hydrogen-bond acceptors (Lipinski definition) is 4. The molecule has 166 valence electrons.